The third-order valence-corrected chi connectivity index (χ3v) is 4.80. The molecule has 2 N–H and O–H groups in total. The molecule has 1 aromatic rings. The maximum Gasteiger partial charge on any atom is 0.248 e. The molecule has 4 atom stereocenters. The summed E-state index contributed by atoms with van der Waals surface area (Å²) in [6.07, 6.45) is -0.127. The summed E-state index contributed by atoms with van der Waals surface area (Å²) in [5, 5.41) is 19.5. The Balaban J connectivity index is 1.45. The number of hydrogen-bond donors (Lipinski definition) is 2. The van der Waals surface area contributed by atoms with Gasteiger partial charge in [-0.05, 0) is 30.2 Å². The van der Waals surface area contributed by atoms with Crippen LogP contribution in [0.15, 0.2) is 30.3 Å². The van der Waals surface area contributed by atoms with E-state index < -0.39 is 12.2 Å². The van der Waals surface area contributed by atoms with Crippen LogP contribution in [0.5, 0.6) is 0 Å². The number of nitrogens with zero attached hydrogens (tertiary/aromatic N) is 1. The molecule has 1 saturated heterocycles. The van der Waals surface area contributed by atoms with Gasteiger partial charge >= 0.3 is 0 Å². The summed E-state index contributed by atoms with van der Waals surface area (Å²) in [6.45, 7) is 1.86. The maximum atomic E-state index is 12.2. The van der Waals surface area contributed by atoms with E-state index in [4.69, 9.17) is 4.74 Å². The molecule has 1 amide bonds. The molecule has 1 aliphatic heterocycles. The quantitative estimate of drug-likeness (QED) is 0.863. The number of fused-ring (bicyclic) bond motifs is 1. The summed E-state index contributed by atoms with van der Waals surface area (Å²) in [5.74, 6) is 0.599. The van der Waals surface area contributed by atoms with Gasteiger partial charge in [-0.1, -0.05) is 30.3 Å². The van der Waals surface area contributed by atoms with Gasteiger partial charge < -0.3 is 19.8 Å². The first-order chi connectivity index (χ1) is 10.6. The van der Waals surface area contributed by atoms with Crippen LogP contribution in [0.25, 0.3) is 0 Å². The van der Waals surface area contributed by atoms with E-state index >= 15 is 0 Å². The predicted molar refractivity (Wildman–Crippen MR) is 80.9 cm³/mol. The first kappa shape index (κ1) is 15.5. The topological polar surface area (TPSA) is 70.0 Å². The standard InChI is InChI=1S/C17H23NO4/c19-15-6-13-8-18(9-14(13)7-16(15)20)17(21)11-22-10-12-4-2-1-3-5-12/h1-5,13-16,19-20H,6-11H2/t13-,14+,15+,16-. The van der Waals surface area contributed by atoms with Crippen LogP contribution in [0.3, 0.4) is 0 Å². The van der Waals surface area contributed by atoms with Gasteiger partial charge in [0.2, 0.25) is 5.91 Å². The number of benzene rings is 1. The Morgan fingerprint density at radius 2 is 1.68 bits per heavy atom. The van der Waals surface area contributed by atoms with E-state index in [1.54, 1.807) is 0 Å². The van der Waals surface area contributed by atoms with Crippen LogP contribution in [0, 0.1) is 11.8 Å². The molecule has 2 fully saturated rings. The van der Waals surface area contributed by atoms with Gasteiger partial charge in [0.15, 0.2) is 0 Å². The molecule has 0 spiro atoms. The number of likely N-dealkylation sites (tertiary alicyclic amines) is 1. The predicted octanol–water partition coefficient (Wildman–Crippen LogP) is 0.793. The van der Waals surface area contributed by atoms with Gasteiger partial charge in [-0.15, -0.1) is 0 Å². The molecule has 0 aromatic heterocycles. The van der Waals surface area contributed by atoms with Crippen LogP contribution >= 0.6 is 0 Å². The number of ether oxygens (including phenoxy) is 1. The van der Waals surface area contributed by atoms with Crippen LogP contribution in [0.1, 0.15) is 18.4 Å². The van der Waals surface area contributed by atoms with Crippen molar-refractivity contribution in [1.29, 1.82) is 0 Å². The first-order valence-corrected chi connectivity index (χ1v) is 7.89. The summed E-state index contributed by atoms with van der Waals surface area (Å²) in [5.41, 5.74) is 1.05. The molecule has 3 rings (SSSR count). The van der Waals surface area contributed by atoms with Crippen LogP contribution < -0.4 is 0 Å². The van der Waals surface area contributed by atoms with Crippen molar-refractivity contribution in [3.05, 3.63) is 35.9 Å². The fourth-order valence-electron chi connectivity index (χ4n) is 3.53. The number of aliphatic hydroxyl groups is 2. The molecule has 1 aliphatic carbocycles. The van der Waals surface area contributed by atoms with Gasteiger partial charge in [0, 0.05) is 13.1 Å². The molecule has 5 heteroatoms. The van der Waals surface area contributed by atoms with Crippen LogP contribution in [-0.2, 0) is 16.1 Å². The minimum Gasteiger partial charge on any atom is -0.390 e. The second kappa shape index (κ2) is 6.77. The van der Waals surface area contributed by atoms with Crippen molar-refractivity contribution in [2.24, 2.45) is 11.8 Å². The average molecular weight is 305 g/mol. The number of rotatable bonds is 4. The van der Waals surface area contributed by atoms with E-state index in [0.717, 1.165) is 5.56 Å². The third kappa shape index (κ3) is 3.48. The van der Waals surface area contributed by atoms with Crippen molar-refractivity contribution in [3.63, 3.8) is 0 Å². The SMILES string of the molecule is O=C(COCc1ccccc1)N1C[C@H]2C[C@H](O)[C@H](O)C[C@H]2C1. The Morgan fingerprint density at radius 1 is 1.09 bits per heavy atom. The molecule has 1 saturated carbocycles. The van der Waals surface area contributed by atoms with Crippen molar-refractivity contribution >= 4 is 5.91 Å². The third-order valence-electron chi connectivity index (χ3n) is 4.80. The molecule has 1 aromatic carbocycles. The van der Waals surface area contributed by atoms with Crippen molar-refractivity contribution < 1.29 is 19.7 Å². The fourth-order valence-corrected chi connectivity index (χ4v) is 3.53. The lowest BCUT2D eigenvalue weighted by Gasteiger charge is -2.31. The summed E-state index contributed by atoms with van der Waals surface area (Å²) in [6, 6.07) is 9.78. The molecule has 0 bridgehead atoms. The van der Waals surface area contributed by atoms with E-state index in [0.29, 0.717) is 44.4 Å². The normalized spacial score (nSPS) is 31.1. The van der Waals surface area contributed by atoms with Gasteiger partial charge in [-0.25, -0.2) is 0 Å². The summed E-state index contributed by atoms with van der Waals surface area (Å²) < 4.78 is 5.50. The van der Waals surface area contributed by atoms with E-state index in [-0.39, 0.29) is 12.5 Å². The summed E-state index contributed by atoms with van der Waals surface area (Å²) >= 11 is 0. The number of aliphatic hydroxyl groups excluding tert-OH is 2. The minimum atomic E-state index is -0.648. The zero-order valence-corrected chi connectivity index (χ0v) is 12.6. The Hall–Kier alpha value is -1.43. The Morgan fingerprint density at radius 3 is 2.27 bits per heavy atom. The lowest BCUT2D eigenvalue weighted by molar-refractivity contribution is -0.135. The number of carbonyl (C=O) groups is 1. The molecule has 5 nitrogen and oxygen atoms in total. The zero-order valence-electron chi connectivity index (χ0n) is 12.6. The number of carbonyl (C=O) groups excluding carboxylic acids is 1. The lowest BCUT2D eigenvalue weighted by atomic mass is 9.79. The summed E-state index contributed by atoms with van der Waals surface area (Å²) in [7, 11) is 0. The lowest BCUT2D eigenvalue weighted by Crippen LogP contribution is -2.38. The van der Waals surface area contributed by atoms with E-state index in [2.05, 4.69) is 0 Å². The fraction of sp³-hybridized carbons (Fsp3) is 0.588. The van der Waals surface area contributed by atoms with Crippen molar-refractivity contribution in [2.45, 2.75) is 31.7 Å². The maximum absolute atomic E-state index is 12.2. The van der Waals surface area contributed by atoms with Gasteiger partial charge in [0.05, 0.1) is 18.8 Å². The van der Waals surface area contributed by atoms with Gasteiger partial charge in [0.1, 0.15) is 6.61 Å². The highest BCUT2D eigenvalue weighted by molar-refractivity contribution is 5.77. The Labute approximate surface area is 130 Å². The highest BCUT2D eigenvalue weighted by atomic mass is 16.5. The molecule has 0 radical (unpaired) electrons. The highest BCUT2D eigenvalue weighted by Gasteiger charge is 2.42. The van der Waals surface area contributed by atoms with E-state index in [9.17, 15) is 15.0 Å². The zero-order chi connectivity index (χ0) is 15.5. The van der Waals surface area contributed by atoms with Crippen LogP contribution in [0.2, 0.25) is 0 Å². The molecule has 120 valence electrons. The number of amides is 1. The Kier molecular flexibility index (Phi) is 4.76. The van der Waals surface area contributed by atoms with Crippen molar-refractivity contribution in [1.82, 2.24) is 4.90 Å². The van der Waals surface area contributed by atoms with Crippen molar-refractivity contribution in [2.75, 3.05) is 19.7 Å². The number of hydrogen-bond acceptors (Lipinski definition) is 4. The second-order valence-electron chi connectivity index (χ2n) is 6.40. The van der Waals surface area contributed by atoms with E-state index in [1.807, 2.05) is 35.2 Å². The monoisotopic (exact) mass is 305 g/mol. The van der Waals surface area contributed by atoms with Crippen LogP contribution in [-0.4, -0.2) is 52.9 Å². The van der Waals surface area contributed by atoms with Gasteiger partial charge in [0.25, 0.3) is 0 Å². The molecule has 2 aliphatic rings. The molecular formula is C17H23NO4. The van der Waals surface area contributed by atoms with Gasteiger partial charge in [-0.3, -0.25) is 4.79 Å². The molecular weight excluding hydrogens is 282 g/mol. The molecule has 22 heavy (non-hydrogen) atoms. The highest BCUT2D eigenvalue weighted by Crippen LogP contribution is 2.36. The average Bonchev–Trinajstić information content (AvgIpc) is 2.91. The largest absolute Gasteiger partial charge is 0.390 e. The second-order valence-corrected chi connectivity index (χ2v) is 6.40. The van der Waals surface area contributed by atoms with Gasteiger partial charge in [-0.2, -0.15) is 0 Å². The summed E-state index contributed by atoms with van der Waals surface area (Å²) in [4.78, 5) is 14.0. The smallest absolute Gasteiger partial charge is 0.248 e. The molecule has 1 heterocycles. The van der Waals surface area contributed by atoms with Crippen molar-refractivity contribution in [3.8, 4) is 0 Å². The minimum absolute atomic E-state index is 0.00527. The first-order valence-electron chi connectivity index (χ1n) is 7.89. The van der Waals surface area contributed by atoms with E-state index in [1.165, 1.54) is 0 Å². The Bertz CT molecular complexity index is 489. The molecule has 0 unspecified atom stereocenters. The van der Waals surface area contributed by atoms with Crippen LogP contribution in [0.4, 0.5) is 0 Å².